The Balaban J connectivity index is 1.83. The summed E-state index contributed by atoms with van der Waals surface area (Å²) in [5.41, 5.74) is 2.61. The van der Waals surface area contributed by atoms with Gasteiger partial charge in [-0.2, -0.15) is 0 Å². The molecule has 0 heterocycles. The van der Waals surface area contributed by atoms with Crippen LogP contribution in [0.4, 0.5) is 0 Å². The van der Waals surface area contributed by atoms with Crippen LogP contribution < -0.4 is 10.1 Å². The second-order valence-electron chi connectivity index (χ2n) is 6.06. The molecule has 0 aliphatic heterocycles. The Kier molecular flexibility index (Phi) is 4.26. The third-order valence-electron chi connectivity index (χ3n) is 4.36. The minimum atomic E-state index is 0.259. The minimum Gasteiger partial charge on any atom is -0.497 e. The number of rotatable bonds is 5. The van der Waals surface area contributed by atoms with E-state index in [1.807, 2.05) is 12.1 Å². The van der Waals surface area contributed by atoms with Crippen LogP contribution in [0.15, 0.2) is 54.6 Å². The molecule has 2 nitrogen and oxygen atoms in total. The van der Waals surface area contributed by atoms with E-state index < -0.39 is 0 Å². The van der Waals surface area contributed by atoms with Crippen LogP contribution in [0.25, 0.3) is 0 Å². The van der Waals surface area contributed by atoms with Gasteiger partial charge in [-0.15, -0.1) is 0 Å². The Labute approximate surface area is 127 Å². The van der Waals surface area contributed by atoms with Gasteiger partial charge in [0.15, 0.2) is 0 Å². The van der Waals surface area contributed by atoms with Gasteiger partial charge >= 0.3 is 0 Å². The molecule has 21 heavy (non-hydrogen) atoms. The fourth-order valence-corrected chi connectivity index (χ4v) is 3.10. The predicted molar refractivity (Wildman–Crippen MR) is 86.6 cm³/mol. The molecule has 0 bridgehead atoms. The summed E-state index contributed by atoms with van der Waals surface area (Å²) in [6.07, 6.45) is 2.55. The average molecular weight is 281 g/mol. The second-order valence-corrected chi connectivity index (χ2v) is 6.06. The van der Waals surface area contributed by atoms with Gasteiger partial charge in [0.2, 0.25) is 0 Å². The smallest absolute Gasteiger partial charge is 0.118 e. The summed E-state index contributed by atoms with van der Waals surface area (Å²) in [5.74, 6) is 1.76. The Morgan fingerprint density at radius 2 is 1.57 bits per heavy atom. The Hall–Kier alpha value is -1.80. The van der Waals surface area contributed by atoms with Crippen LogP contribution >= 0.6 is 0 Å². The lowest BCUT2D eigenvalue weighted by Crippen LogP contribution is -2.42. The standard InChI is InChI=1S/C19H23NO/c1-14-12-17(13-14)20-19(15-6-4-3-5-7-15)16-8-10-18(21-2)11-9-16/h3-11,14,17,19-20H,12-13H2,1-2H3. The van der Waals surface area contributed by atoms with Crippen molar-refractivity contribution >= 4 is 0 Å². The number of hydrogen-bond donors (Lipinski definition) is 1. The van der Waals surface area contributed by atoms with Gasteiger partial charge in [0, 0.05) is 6.04 Å². The molecule has 1 N–H and O–H groups in total. The van der Waals surface area contributed by atoms with E-state index in [0.29, 0.717) is 6.04 Å². The molecule has 1 saturated carbocycles. The topological polar surface area (TPSA) is 21.3 Å². The van der Waals surface area contributed by atoms with Crippen molar-refractivity contribution in [3.05, 3.63) is 65.7 Å². The van der Waals surface area contributed by atoms with Crippen LogP contribution in [0, 0.1) is 5.92 Å². The second kappa shape index (κ2) is 6.31. The molecule has 0 aromatic heterocycles. The molecule has 3 rings (SSSR count). The molecular weight excluding hydrogens is 258 g/mol. The first-order valence-electron chi connectivity index (χ1n) is 7.71. The van der Waals surface area contributed by atoms with E-state index in [9.17, 15) is 0 Å². The number of benzene rings is 2. The normalized spacial score (nSPS) is 22.4. The zero-order chi connectivity index (χ0) is 14.7. The third kappa shape index (κ3) is 3.27. The highest BCUT2D eigenvalue weighted by Gasteiger charge is 2.28. The van der Waals surface area contributed by atoms with Gasteiger partial charge in [0.05, 0.1) is 13.2 Å². The summed E-state index contributed by atoms with van der Waals surface area (Å²) in [5, 5.41) is 3.81. The molecule has 1 aliphatic rings. The fraction of sp³-hybridized carbons (Fsp3) is 0.368. The van der Waals surface area contributed by atoms with Gasteiger partial charge < -0.3 is 10.1 Å². The molecule has 0 radical (unpaired) electrons. The number of ether oxygens (including phenoxy) is 1. The lowest BCUT2D eigenvalue weighted by molar-refractivity contribution is 0.230. The molecule has 0 amide bonds. The molecule has 2 aromatic carbocycles. The predicted octanol–water partition coefficient (Wildman–Crippen LogP) is 4.17. The van der Waals surface area contributed by atoms with Crippen LogP contribution in [0.2, 0.25) is 0 Å². The van der Waals surface area contributed by atoms with Crippen molar-refractivity contribution in [3.8, 4) is 5.75 Å². The van der Waals surface area contributed by atoms with Crippen LogP contribution in [0.1, 0.15) is 36.9 Å². The fourth-order valence-electron chi connectivity index (χ4n) is 3.10. The van der Waals surface area contributed by atoms with Crippen molar-refractivity contribution in [1.29, 1.82) is 0 Å². The first kappa shape index (κ1) is 14.2. The van der Waals surface area contributed by atoms with Gasteiger partial charge in [-0.05, 0) is 42.0 Å². The van der Waals surface area contributed by atoms with Crippen molar-refractivity contribution in [3.63, 3.8) is 0 Å². The largest absolute Gasteiger partial charge is 0.497 e. The van der Waals surface area contributed by atoms with E-state index in [2.05, 4.69) is 54.7 Å². The zero-order valence-electron chi connectivity index (χ0n) is 12.8. The van der Waals surface area contributed by atoms with Crippen molar-refractivity contribution in [1.82, 2.24) is 5.32 Å². The first-order chi connectivity index (χ1) is 10.3. The highest BCUT2D eigenvalue weighted by molar-refractivity contribution is 5.35. The number of nitrogens with one attached hydrogen (secondary N) is 1. The molecule has 2 heteroatoms. The highest BCUT2D eigenvalue weighted by atomic mass is 16.5. The molecule has 1 fully saturated rings. The Morgan fingerprint density at radius 3 is 2.14 bits per heavy atom. The molecule has 0 saturated heterocycles. The van der Waals surface area contributed by atoms with Crippen LogP contribution in [-0.2, 0) is 0 Å². The maximum absolute atomic E-state index is 5.26. The summed E-state index contributed by atoms with van der Waals surface area (Å²) < 4.78 is 5.26. The summed E-state index contributed by atoms with van der Waals surface area (Å²) in [7, 11) is 1.71. The SMILES string of the molecule is COc1ccc(C(NC2CC(C)C2)c2ccccc2)cc1. The molecule has 1 atom stereocenters. The van der Waals surface area contributed by atoms with Crippen molar-refractivity contribution in [2.75, 3.05) is 7.11 Å². The molecule has 2 aromatic rings. The van der Waals surface area contributed by atoms with Gasteiger partial charge in [-0.3, -0.25) is 0 Å². The van der Waals surface area contributed by atoms with Gasteiger partial charge in [0.1, 0.15) is 5.75 Å². The van der Waals surface area contributed by atoms with E-state index in [1.165, 1.54) is 24.0 Å². The highest BCUT2D eigenvalue weighted by Crippen LogP contribution is 2.31. The van der Waals surface area contributed by atoms with Crippen molar-refractivity contribution in [2.45, 2.75) is 31.8 Å². The molecule has 110 valence electrons. The molecule has 1 aliphatic carbocycles. The number of hydrogen-bond acceptors (Lipinski definition) is 2. The van der Waals surface area contributed by atoms with Crippen LogP contribution in [0.3, 0.4) is 0 Å². The van der Waals surface area contributed by atoms with Gasteiger partial charge in [-0.25, -0.2) is 0 Å². The molecular formula is C19H23NO. The monoisotopic (exact) mass is 281 g/mol. The Bertz CT molecular complexity index is 558. The summed E-state index contributed by atoms with van der Waals surface area (Å²) in [6, 6.07) is 20.0. The maximum Gasteiger partial charge on any atom is 0.118 e. The van der Waals surface area contributed by atoms with Crippen LogP contribution in [0.5, 0.6) is 5.75 Å². The zero-order valence-corrected chi connectivity index (χ0v) is 12.8. The Morgan fingerprint density at radius 1 is 0.952 bits per heavy atom. The summed E-state index contributed by atoms with van der Waals surface area (Å²) in [4.78, 5) is 0. The third-order valence-corrected chi connectivity index (χ3v) is 4.36. The number of methoxy groups -OCH3 is 1. The first-order valence-corrected chi connectivity index (χ1v) is 7.71. The van der Waals surface area contributed by atoms with Gasteiger partial charge in [0.25, 0.3) is 0 Å². The van der Waals surface area contributed by atoms with E-state index in [4.69, 9.17) is 4.74 Å². The molecule has 0 spiro atoms. The molecule has 1 unspecified atom stereocenters. The minimum absolute atomic E-state index is 0.259. The van der Waals surface area contributed by atoms with Crippen molar-refractivity contribution < 1.29 is 4.74 Å². The van der Waals surface area contributed by atoms with E-state index in [0.717, 1.165) is 11.7 Å². The van der Waals surface area contributed by atoms with E-state index in [1.54, 1.807) is 7.11 Å². The summed E-state index contributed by atoms with van der Waals surface area (Å²) in [6.45, 7) is 2.32. The lowest BCUT2D eigenvalue weighted by atomic mass is 9.81. The van der Waals surface area contributed by atoms with E-state index >= 15 is 0 Å². The van der Waals surface area contributed by atoms with Crippen LogP contribution in [-0.4, -0.2) is 13.2 Å². The lowest BCUT2D eigenvalue weighted by Gasteiger charge is -2.37. The average Bonchev–Trinajstić information content (AvgIpc) is 2.51. The quantitative estimate of drug-likeness (QED) is 0.888. The van der Waals surface area contributed by atoms with Crippen molar-refractivity contribution in [2.24, 2.45) is 5.92 Å². The summed E-state index contributed by atoms with van der Waals surface area (Å²) >= 11 is 0. The van der Waals surface area contributed by atoms with E-state index in [-0.39, 0.29) is 6.04 Å². The maximum atomic E-state index is 5.26. The van der Waals surface area contributed by atoms with Gasteiger partial charge in [-0.1, -0.05) is 49.4 Å².